The van der Waals surface area contributed by atoms with Gasteiger partial charge in [0, 0.05) is 12.1 Å². The Bertz CT molecular complexity index is 338. The molecule has 0 amide bonds. The highest BCUT2D eigenvalue weighted by Crippen LogP contribution is 2.32. The molecule has 0 saturated heterocycles. The van der Waals surface area contributed by atoms with Gasteiger partial charge in [-0.3, -0.25) is 4.98 Å². The van der Waals surface area contributed by atoms with Crippen LogP contribution in [0.1, 0.15) is 42.5 Å². The van der Waals surface area contributed by atoms with Gasteiger partial charge >= 0.3 is 0 Å². The summed E-state index contributed by atoms with van der Waals surface area (Å²) in [6.45, 7) is 0. The molecule has 1 aromatic rings. The third-order valence-corrected chi connectivity index (χ3v) is 2.74. The van der Waals surface area contributed by atoms with Gasteiger partial charge in [0.2, 0.25) is 0 Å². The summed E-state index contributed by atoms with van der Waals surface area (Å²) in [5.74, 6) is -0.0872. The average molecular weight is 191 g/mol. The first-order valence-electron chi connectivity index (χ1n) is 4.91. The van der Waals surface area contributed by atoms with Crippen LogP contribution in [0.15, 0.2) is 18.3 Å². The number of aldehydes is 1. The molecular weight excluding hydrogens is 178 g/mol. The fourth-order valence-corrected chi connectivity index (χ4v) is 1.99. The average Bonchev–Trinajstić information content (AvgIpc) is 2.39. The second-order valence-corrected chi connectivity index (χ2v) is 3.67. The molecule has 14 heavy (non-hydrogen) atoms. The van der Waals surface area contributed by atoms with Crippen LogP contribution in [0.5, 0.6) is 0 Å². The highest BCUT2D eigenvalue weighted by atomic mass is 16.3. The van der Waals surface area contributed by atoms with Crippen molar-refractivity contribution in [3.63, 3.8) is 0 Å². The van der Waals surface area contributed by atoms with Crippen LogP contribution < -0.4 is 0 Å². The molecule has 2 rings (SSSR count). The lowest BCUT2D eigenvalue weighted by Crippen LogP contribution is -2.05. The molecule has 1 aliphatic rings. The minimum atomic E-state index is -0.504. The summed E-state index contributed by atoms with van der Waals surface area (Å²) < 4.78 is 0. The van der Waals surface area contributed by atoms with E-state index in [-0.39, 0.29) is 5.92 Å². The van der Waals surface area contributed by atoms with Gasteiger partial charge in [0.1, 0.15) is 6.29 Å². The molecule has 3 nitrogen and oxygen atoms in total. The van der Waals surface area contributed by atoms with Crippen molar-refractivity contribution in [3.05, 3.63) is 29.6 Å². The van der Waals surface area contributed by atoms with E-state index in [0.29, 0.717) is 12.1 Å². The van der Waals surface area contributed by atoms with E-state index in [9.17, 15) is 9.90 Å². The molecule has 0 fully saturated rings. The number of carbonyl (C=O) groups is 1. The minimum Gasteiger partial charge on any atom is -0.387 e. The lowest BCUT2D eigenvalue weighted by molar-refractivity contribution is -0.109. The first kappa shape index (κ1) is 9.34. The Hall–Kier alpha value is -1.22. The van der Waals surface area contributed by atoms with Gasteiger partial charge in [-0.05, 0) is 30.9 Å². The number of hydrogen-bond donors (Lipinski definition) is 1. The van der Waals surface area contributed by atoms with Crippen molar-refractivity contribution < 1.29 is 9.90 Å². The summed E-state index contributed by atoms with van der Waals surface area (Å²) >= 11 is 0. The smallest absolute Gasteiger partial charge is 0.127 e. The summed E-state index contributed by atoms with van der Waals surface area (Å²) in [6.07, 6.45) is 4.51. The van der Waals surface area contributed by atoms with Crippen LogP contribution >= 0.6 is 0 Å². The molecule has 0 aliphatic heterocycles. The zero-order chi connectivity index (χ0) is 9.97. The number of rotatable bonds is 1. The molecule has 1 heterocycles. The predicted octanol–water partition coefficient (Wildman–Crippen LogP) is 1.58. The molecule has 0 spiro atoms. The fraction of sp³-hybridized carbons (Fsp3) is 0.455. The number of hydrogen-bond acceptors (Lipinski definition) is 3. The fourth-order valence-electron chi connectivity index (χ4n) is 1.99. The van der Waals surface area contributed by atoms with Gasteiger partial charge in [-0.2, -0.15) is 0 Å². The molecule has 2 atom stereocenters. The van der Waals surface area contributed by atoms with Crippen LogP contribution in [-0.4, -0.2) is 16.4 Å². The molecule has 0 bridgehead atoms. The Balaban J connectivity index is 2.46. The number of aliphatic hydroxyl groups is 1. The van der Waals surface area contributed by atoms with Gasteiger partial charge in [0.15, 0.2) is 0 Å². The van der Waals surface area contributed by atoms with Crippen LogP contribution in [0, 0.1) is 0 Å². The van der Waals surface area contributed by atoms with Crippen molar-refractivity contribution >= 4 is 6.29 Å². The number of nitrogens with zero attached hydrogens (tertiary/aromatic N) is 1. The molecule has 1 aliphatic carbocycles. The summed E-state index contributed by atoms with van der Waals surface area (Å²) in [6, 6.07) is 3.70. The highest BCUT2D eigenvalue weighted by Gasteiger charge is 2.23. The Morgan fingerprint density at radius 2 is 2.36 bits per heavy atom. The van der Waals surface area contributed by atoms with Crippen molar-refractivity contribution in [1.29, 1.82) is 0 Å². The van der Waals surface area contributed by atoms with Gasteiger partial charge in [0.05, 0.1) is 11.8 Å². The van der Waals surface area contributed by atoms with E-state index >= 15 is 0 Å². The lowest BCUT2D eigenvalue weighted by Gasteiger charge is -2.11. The van der Waals surface area contributed by atoms with E-state index in [2.05, 4.69) is 4.98 Å². The maximum absolute atomic E-state index is 10.9. The van der Waals surface area contributed by atoms with Crippen LogP contribution in [-0.2, 0) is 4.79 Å². The maximum Gasteiger partial charge on any atom is 0.127 e. The van der Waals surface area contributed by atoms with E-state index in [4.69, 9.17) is 0 Å². The Morgan fingerprint density at radius 3 is 3.14 bits per heavy atom. The number of aliphatic hydroxyl groups excluding tert-OH is 1. The van der Waals surface area contributed by atoms with E-state index < -0.39 is 6.10 Å². The van der Waals surface area contributed by atoms with Gasteiger partial charge in [-0.1, -0.05) is 6.07 Å². The Kier molecular flexibility index (Phi) is 2.59. The second-order valence-electron chi connectivity index (χ2n) is 3.67. The Morgan fingerprint density at radius 1 is 1.50 bits per heavy atom. The van der Waals surface area contributed by atoms with E-state index in [1.807, 2.05) is 12.1 Å². The van der Waals surface area contributed by atoms with Crippen molar-refractivity contribution in [3.8, 4) is 0 Å². The number of carbonyl (C=O) groups excluding carboxylic acids is 1. The minimum absolute atomic E-state index is 0.0872. The molecule has 74 valence electrons. The molecular formula is C11H13NO2. The first-order valence-corrected chi connectivity index (χ1v) is 4.91. The monoisotopic (exact) mass is 191 g/mol. The third kappa shape index (κ3) is 1.55. The number of aromatic nitrogens is 1. The summed E-state index contributed by atoms with van der Waals surface area (Å²) in [4.78, 5) is 15.0. The normalized spacial score (nSPS) is 26.4. The SMILES string of the molecule is O=CC1CCCC(O)c2ncccc21. The second kappa shape index (κ2) is 3.88. The molecule has 1 aromatic heterocycles. The van der Waals surface area contributed by atoms with E-state index in [0.717, 1.165) is 24.7 Å². The van der Waals surface area contributed by atoms with Crippen LogP contribution in [0.3, 0.4) is 0 Å². The van der Waals surface area contributed by atoms with Gasteiger partial charge in [-0.15, -0.1) is 0 Å². The molecule has 0 radical (unpaired) electrons. The van der Waals surface area contributed by atoms with Crippen molar-refractivity contribution in [2.75, 3.05) is 0 Å². The Labute approximate surface area is 82.8 Å². The predicted molar refractivity (Wildman–Crippen MR) is 51.9 cm³/mol. The number of fused-ring (bicyclic) bond motifs is 1. The first-order chi connectivity index (χ1) is 6.83. The highest BCUT2D eigenvalue weighted by molar-refractivity contribution is 5.63. The zero-order valence-corrected chi connectivity index (χ0v) is 7.89. The van der Waals surface area contributed by atoms with E-state index in [1.165, 1.54) is 0 Å². The summed E-state index contributed by atoms with van der Waals surface area (Å²) in [7, 11) is 0. The molecule has 2 unspecified atom stereocenters. The summed E-state index contributed by atoms with van der Waals surface area (Å²) in [5, 5.41) is 9.78. The van der Waals surface area contributed by atoms with Crippen molar-refractivity contribution in [1.82, 2.24) is 4.98 Å². The van der Waals surface area contributed by atoms with Crippen molar-refractivity contribution in [2.24, 2.45) is 0 Å². The lowest BCUT2D eigenvalue weighted by atomic mass is 9.97. The standard InChI is InChI=1S/C11H13NO2/c13-7-8-3-1-5-10(14)11-9(8)4-2-6-12-11/h2,4,6-8,10,14H,1,3,5H2. The molecule has 0 aromatic carbocycles. The molecule has 1 N–H and O–H groups in total. The topological polar surface area (TPSA) is 50.2 Å². The van der Waals surface area contributed by atoms with Crippen LogP contribution in [0.25, 0.3) is 0 Å². The van der Waals surface area contributed by atoms with Crippen LogP contribution in [0.2, 0.25) is 0 Å². The summed E-state index contributed by atoms with van der Waals surface area (Å²) in [5.41, 5.74) is 1.58. The van der Waals surface area contributed by atoms with Crippen molar-refractivity contribution in [2.45, 2.75) is 31.3 Å². The van der Waals surface area contributed by atoms with Gasteiger partial charge < -0.3 is 9.90 Å². The molecule has 3 heteroatoms. The third-order valence-electron chi connectivity index (χ3n) is 2.74. The molecule has 0 saturated carbocycles. The maximum atomic E-state index is 10.9. The van der Waals surface area contributed by atoms with Gasteiger partial charge in [-0.25, -0.2) is 0 Å². The quantitative estimate of drug-likeness (QED) is 0.541. The van der Waals surface area contributed by atoms with E-state index in [1.54, 1.807) is 6.20 Å². The zero-order valence-electron chi connectivity index (χ0n) is 7.89. The largest absolute Gasteiger partial charge is 0.387 e. The van der Waals surface area contributed by atoms with Crippen LogP contribution in [0.4, 0.5) is 0 Å². The van der Waals surface area contributed by atoms with Gasteiger partial charge in [0.25, 0.3) is 0 Å². The number of pyridine rings is 1.